The van der Waals surface area contributed by atoms with Crippen molar-refractivity contribution in [3.63, 3.8) is 0 Å². The minimum atomic E-state index is -0.853. The fourth-order valence-corrected chi connectivity index (χ4v) is 7.66. The van der Waals surface area contributed by atoms with Crippen molar-refractivity contribution in [2.45, 2.75) is 64.7 Å². The van der Waals surface area contributed by atoms with E-state index in [2.05, 4.69) is 10.6 Å². The van der Waals surface area contributed by atoms with Crippen molar-refractivity contribution in [1.29, 1.82) is 0 Å². The second kappa shape index (κ2) is 14.4. The minimum absolute atomic E-state index is 0.0688. The maximum Gasteiger partial charge on any atom is 0.303 e. The number of fused-ring (bicyclic) bond motifs is 1. The number of phenols is 1. The molecule has 1 aliphatic rings. The number of unbranched alkanes of at least 4 members (excludes halogenated alkanes) is 4. The van der Waals surface area contributed by atoms with E-state index in [9.17, 15) is 24.3 Å². The fourth-order valence-electron chi connectivity index (χ4n) is 7.66. The normalized spacial score (nSPS) is 12.5. The molecule has 12 nitrogen and oxygen atoms in total. The summed E-state index contributed by atoms with van der Waals surface area (Å²) < 4.78 is 17.8. The van der Waals surface area contributed by atoms with Gasteiger partial charge in [0.25, 0.3) is 0 Å². The Bertz CT molecular complexity index is 2330. The van der Waals surface area contributed by atoms with Crippen molar-refractivity contribution >= 4 is 72.5 Å². The van der Waals surface area contributed by atoms with Gasteiger partial charge in [0, 0.05) is 81.8 Å². The highest BCUT2D eigenvalue weighted by Gasteiger charge is 2.32. The third-order valence-corrected chi connectivity index (χ3v) is 9.81. The molecule has 0 radical (unpaired) electrons. The number of aromatic hydroxyl groups is 1. The Morgan fingerprint density at radius 1 is 0.686 bits per heavy atom. The maximum absolute atomic E-state index is 14.5. The summed E-state index contributed by atoms with van der Waals surface area (Å²) in [6.07, 6.45) is 6.15. The zero-order valence-electron chi connectivity index (χ0n) is 29.2. The van der Waals surface area contributed by atoms with E-state index < -0.39 is 17.4 Å². The first-order chi connectivity index (χ1) is 24.5. The zero-order chi connectivity index (χ0) is 36.6. The molecule has 0 saturated carbocycles. The Morgan fingerprint density at radius 3 is 1.86 bits per heavy atom. The predicted molar refractivity (Wildman–Crippen MR) is 199 cm³/mol. The van der Waals surface area contributed by atoms with Gasteiger partial charge < -0.3 is 40.2 Å². The molecule has 268 valence electrons. The number of ether oxygens (including phenoxy) is 3. The van der Waals surface area contributed by atoms with Gasteiger partial charge in [-0.2, -0.15) is 0 Å². The molecule has 1 aliphatic carbocycles. The van der Waals surface area contributed by atoms with Gasteiger partial charge in [-0.3, -0.25) is 19.2 Å². The molecule has 6 rings (SSSR count). The molecule has 0 bridgehead atoms. The van der Waals surface area contributed by atoms with Crippen LogP contribution >= 0.6 is 0 Å². The highest BCUT2D eigenvalue weighted by atomic mass is 16.5. The van der Waals surface area contributed by atoms with Crippen LogP contribution in [0.3, 0.4) is 0 Å². The number of carboxylic acids is 2. The summed E-state index contributed by atoms with van der Waals surface area (Å²) >= 11 is 0. The SMILES string of the molecule is COc1c2c3c4c(c(NCCCCCC(=O)O)c(=O)c5c(O)cc(OC)c(c6c(OC)cc(NCCCCCC(=O)O)c(c1=O)c63)c54)C=C(C)C2. The van der Waals surface area contributed by atoms with Crippen LogP contribution in [0.5, 0.6) is 23.0 Å². The van der Waals surface area contributed by atoms with Crippen molar-refractivity contribution < 1.29 is 39.1 Å². The van der Waals surface area contributed by atoms with Crippen LogP contribution in [-0.4, -0.2) is 61.7 Å². The van der Waals surface area contributed by atoms with Gasteiger partial charge >= 0.3 is 11.9 Å². The van der Waals surface area contributed by atoms with E-state index in [0.717, 1.165) is 5.57 Å². The van der Waals surface area contributed by atoms with Crippen molar-refractivity contribution in [3.8, 4) is 23.0 Å². The Morgan fingerprint density at radius 2 is 1.27 bits per heavy atom. The number of phenolic OH excluding ortho intramolecular Hbond substituents is 1. The van der Waals surface area contributed by atoms with Gasteiger partial charge in [0.15, 0.2) is 5.75 Å². The van der Waals surface area contributed by atoms with Crippen LogP contribution in [0.25, 0.3) is 49.2 Å². The van der Waals surface area contributed by atoms with Crippen molar-refractivity contribution in [1.82, 2.24) is 0 Å². The molecule has 0 atom stereocenters. The molecule has 0 fully saturated rings. The smallest absolute Gasteiger partial charge is 0.303 e. The summed E-state index contributed by atoms with van der Waals surface area (Å²) in [5, 5.41) is 40.3. The molecule has 5 aromatic rings. The van der Waals surface area contributed by atoms with Gasteiger partial charge in [0.1, 0.15) is 17.2 Å². The molecule has 0 heterocycles. The monoisotopic (exact) mass is 698 g/mol. The molecule has 0 aromatic heterocycles. The number of carbonyl (C=O) groups is 2. The van der Waals surface area contributed by atoms with Crippen LogP contribution < -0.4 is 35.7 Å². The van der Waals surface area contributed by atoms with Crippen molar-refractivity contribution in [2.24, 2.45) is 0 Å². The lowest BCUT2D eigenvalue weighted by Gasteiger charge is -2.24. The van der Waals surface area contributed by atoms with E-state index in [1.54, 1.807) is 6.07 Å². The number of hydrogen-bond donors (Lipinski definition) is 5. The Kier molecular flexibility index (Phi) is 9.95. The Labute approximate surface area is 293 Å². The predicted octanol–water partition coefficient (Wildman–Crippen LogP) is 6.70. The molecule has 0 aliphatic heterocycles. The minimum Gasteiger partial charge on any atom is -0.507 e. The third-order valence-electron chi connectivity index (χ3n) is 9.81. The van der Waals surface area contributed by atoms with Gasteiger partial charge in [-0.05, 0) is 44.4 Å². The first kappa shape index (κ1) is 35.3. The fraction of sp³-hybridized carbons (Fsp3) is 0.385. The van der Waals surface area contributed by atoms with Crippen LogP contribution in [0.15, 0.2) is 27.3 Å². The topological polar surface area (TPSA) is 181 Å². The number of allylic oxidation sites excluding steroid dienone is 1. The number of methoxy groups -OCH3 is 3. The maximum atomic E-state index is 14.5. The number of carboxylic acid groups (broad SMARTS) is 2. The molecule has 0 saturated heterocycles. The highest BCUT2D eigenvalue weighted by Crippen LogP contribution is 2.54. The zero-order valence-corrected chi connectivity index (χ0v) is 29.2. The number of rotatable bonds is 17. The molecule has 5 aromatic carbocycles. The molecule has 0 unspecified atom stereocenters. The Balaban J connectivity index is 1.70. The Hall–Kier alpha value is -5.52. The standard InChI is InChI=1S/C39H42N2O10/c1-19-15-20-28-29-21(16-19)39(51-4)38(48)30-22(40-13-9-5-7-11-26(43)44)17-24(49-2)32(34(29)30)33-25(50-3)18-23(42)31(35(28)33)37(47)36(20)41-14-10-6-8-12-27(45)46/h15,17-18,40-42H,5-14,16H2,1-4H3,(H,43,44)(H,45,46). The second-order valence-electron chi connectivity index (χ2n) is 13.1. The van der Waals surface area contributed by atoms with Crippen molar-refractivity contribution in [2.75, 3.05) is 45.1 Å². The van der Waals surface area contributed by atoms with Gasteiger partial charge in [-0.25, -0.2) is 0 Å². The number of aliphatic carboxylic acids is 2. The van der Waals surface area contributed by atoms with Crippen LogP contribution in [0.4, 0.5) is 11.4 Å². The molecule has 51 heavy (non-hydrogen) atoms. The van der Waals surface area contributed by atoms with E-state index in [0.29, 0.717) is 130 Å². The summed E-state index contributed by atoms with van der Waals surface area (Å²) in [6, 6.07) is 3.17. The largest absolute Gasteiger partial charge is 0.507 e. The van der Waals surface area contributed by atoms with Crippen LogP contribution in [0.2, 0.25) is 0 Å². The summed E-state index contributed by atoms with van der Waals surface area (Å²) in [5.41, 5.74) is 2.29. The van der Waals surface area contributed by atoms with Gasteiger partial charge in [0.2, 0.25) is 10.9 Å². The van der Waals surface area contributed by atoms with Crippen LogP contribution in [-0.2, 0) is 16.0 Å². The first-order valence-electron chi connectivity index (χ1n) is 17.2. The molecule has 5 N–H and O–H groups in total. The molecular weight excluding hydrogens is 656 g/mol. The van der Waals surface area contributed by atoms with Gasteiger partial charge in [-0.15, -0.1) is 0 Å². The lowest BCUT2D eigenvalue weighted by molar-refractivity contribution is -0.138. The lowest BCUT2D eigenvalue weighted by Crippen LogP contribution is -2.17. The average molecular weight is 699 g/mol. The lowest BCUT2D eigenvalue weighted by atomic mass is 9.83. The van der Waals surface area contributed by atoms with Gasteiger partial charge in [-0.1, -0.05) is 24.5 Å². The molecule has 12 heteroatoms. The summed E-state index contributed by atoms with van der Waals surface area (Å²) in [7, 11) is 4.49. The highest BCUT2D eigenvalue weighted by molar-refractivity contribution is 6.39. The van der Waals surface area contributed by atoms with E-state index in [4.69, 9.17) is 24.4 Å². The van der Waals surface area contributed by atoms with Crippen molar-refractivity contribution in [3.05, 3.63) is 49.3 Å². The second-order valence-corrected chi connectivity index (χ2v) is 13.1. The van der Waals surface area contributed by atoms with Crippen LogP contribution in [0, 0.1) is 0 Å². The quantitative estimate of drug-likeness (QED) is 0.0395. The molecule has 0 amide bonds. The summed E-state index contributed by atoms with van der Waals surface area (Å²) in [4.78, 5) is 51.0. The van der Waals surface area contributed by atoms with Crippen LogP contribution in [0.1, 0.15) is 69.4 Å². The number of hydrogen-bond acceptors (Lipinski definition) is 10. The summed E-state index contributed by atoms with van der Waals surface area (Å²) in [6.45, 7) is 2.81. The van der Waals surface area contributed by atoms with Gasteiger partial charge in [0.05, 0.1) is 37.8 Å². The number of nitrogens with one attached hydrogen (secondary N) is 2. The van der Waals surface area contributed by atoms with E-state index in [1.165, 1.54) is 27.4 Å². The third kappa shape index (κ3) is 6.12. The van der Waals surface area contributed by atoms with E-state index >= 15 is 0 Å². The number of anilines is 2. The first-order valence-corrected chi connectivity index (χ1v) is 17.2. The molecule has 0 spiro atoms. The summed E-state index contributed by atoms with van der Waals surface area (Å²) in [5.74, 6) is -1.02. The van der Waals surface area contributed by atoms with E-state index in [1.807, 2.05) is 13.0 Å². The molecular formula is C39H42N2O10. The number of benzene rings is 5. The average Bonchev–Trinajstić information content (AvgIpc) is 3.24. The van der Waals surface area contributed by atoms with E-state index in [-0.39, 0.29) is 35.2 Å².